The molecule has 0 spiro atoms. The number of thioether (sulfide) groups is 1. The van der Waals surface area contributed by atoms with Gasteiger partial charge < -0.3 is 9.47 Å². The lowest BCUT2D eigenvalue weighted by atomic mass is 9.87. The number of carbonyl (C=O) groups excluding carboxylic acids is 1. The third kappa shape index (κ3) is 4.67. The number of nitrogens with zero attached hydrogens (tertiary/aromatic N) is 4. The number of hydrogen-bond donors (Lipinski definition) is 0. The number of rotatable bonds is 7. The molecule has 0 aliphatic carbocycles. The molecule has 0 aliphatic heterocycles. The van der Waals surface area contributed by atoms with Crippen LogP contribution in [0.15, 0.2) is 29.4 Å². The van der Waals surface area contributed by atoms with Gasteiger partial charge in [-0.15, -0.1) is 10.2 Å². The van der Waals surface area contributed by atoms with E-state index in [1.165, 1.54) is 17.3 Å². The molecule has 1 amide bonds. The Hall–Kier alpha value is -1.82. The van der Waals surface area contributed by atoms with Gasteiger partial charge in [-0.3, -0.25) is 4.79 Å². The van der Waals surface area contributed by atoms with Gasteiger partial charge in [0.05, 0.1) is 5.75 Å². The minimum atomic E-state index is 0.128. The fraction of sp³-hybridized carbons (Fsp3) is 0.550. The summed E-state index contributed by atoms with van der Waals surface area (Å²) in [6.45, 7) is 14.9. The normalized spacial score (nSPS) is 11.6. The van der Waals surface area contributed by atoms with E-state index < -0.39 is 0 Å². The Bertz CT molecular complexity index is 727. The highest BCUT2D eigenvalue weighted by molar-refractivity contribution is 7.99. The van der Waals surface area contributed by atoms with Gasteiger partial charge in [0.1, 0.15) is 0 Å². The van der Waals surface area contributed by atoms with E-state index in [1.54, 1.807) is 0 Å². The van der Waals surface area contributed by atoms with Gasteiger partial charge in [-0.2, -0.15) is 0 Å². The van der Waals surface area contributed by atoms with Gasteiger partial charge in [0.15, 0.2) is 11.0 Å². The minimum Gasteiger partial charge on any atom is -0.343 e. The Morgan fingerprint density at radius 3 is 2.19 bits per heavy atom. The molecule has 0 aliphatic rings. The van der Waals surface area contributed by atoms with Crippen LogP contribution in [0.2, 0.25) is 0 Å². The summed E-state index contributed by atoms with van der Waals surface area (Å²) in [6, 6.07) is 8.51. The average molecular weight is 375 g/mol. The first-order valence-electron chi connectivity index (χ1n) is 9.26. The van der Waals surface area contributed by atoms with E-state index in [0.29, 0.717) is 5.75 Å². The van der Waals surface area contributed by atoms with Crippen molar-refractivity contribution in [2.24, 2.45) is 0 Å². The lowest BCUT2D eigenvalue weighted by Gasteiger charge is -2.19. The van der Waals surface area contributed by atoms with Crippen molar-refractivity contribution in [3.05, 3.63) is 29.8 Å². The minimum absolute atomic E-state index is 0.128. The topological polar surface area (TPSA) is 51.0 Å². The van der Waals surface area contributed by atoms with Crippen LogP contribution in [0.4, 0.5) is 0 Å². The van der Waals surface area contributed by atoms with E-state index in [9.17, 15) is 4.79 Å². The quantitative estimate of drug-likeness (QED) is 0.681. The number of amides is 1. The van der Waals surface area contributed by atoms with Crippen LogP contribution in [-0.2, 0) is 16.8 Å². The molecule has 2 aromatic rings. The van der Waals surface area contributed by atoms with Crippen LogP contribution >= 0.6 is 11.8 Å². The van der Waals surface area contributed by atoms with Crippen LogP contribution in [0, 0.1) is 0 Å². The fourth-order valence-electron chi connectivity index (χ4n) is 2.81. The van der Waals surface area contributed by atoms with Crippen molar-refractivity contribution < 1.29 is 4.79 Å². The summed E-state index contributed by atoms with van der Waals surface area (Å²) in [6.07, 6.45) is 0. The van der Waals surface area contributed by atoms with Crippen molar-refractivity contribution in [2.75, 3.05) is 18.8 Å². The Morgan fingerprint density at radius 2 is 1.69 bits per heavy atom. The van der Waals surface area contributed by atoms with Gasteiger partial charge in [0.2, 0.25) is 5.91 Å². The lowest BCUT2D eigenvalue weighted by molar-refractivity contribution is -0.127. The van der Waals surface area contributed by atoms with Crippen molar-refractivity contribution in [3.8, 4) is 11.4 Å². The number of benzene rings is 1. The molecule has 0 saturated heterocycles. The first-order chi connectivity index (χ1) is 12.3. The SMILES string of the molecule is CCN(CC)C(=O)CSc1nnc(-c2ccc(C(C)(C)C)cc2)n1CC. The maximum atomic E-state index is 12.2. The zero-order valence-corrected chi connectivity index (χ0v) is 17.6. The second-order valence-electron chi connectivity index (χ2n) is 7.23. The summed E-state index contributed by atoms with van der Waals surface area (Å²) in [4.78, 5) is 14.1. The summed E-state index contributed by atoms with van der Waals surface area (Å²) in [5.41, 5.74) is 2.47. The second kappa shape index (κ2) is 8.71. The first-order valence-corrected chi connectivity index (χ1v) is 10.2. The van der Waals surface area contributed by atoms with Crippen LogP contribution in [0.25, 0.3) is 11.4 Å². The highest BCUT2D eigenvalue weighted by Gasteiger charge is 2.18. The molecule has 1 aromatic heterocycles. The van der Waals surface area contributed by atoms with Gasteiger partial charge in [0, 0.05) is 25.2 Å². The smallest absolute Gasteiger partial charge is 0.233 e. The molecule has 0 N–H and O–H groups in total. The van der Waals surface area contributed by atoms with Crippen LogP contribution in [0.5, 0.6) is 0 Å². The predicted octanol–water partition coefficient (Wildman–Crippen LogP) is 4.22. The molecule has 5 nitrogen and oxygen atoms in total. The molecule has 0 saturated carbocycles. The molecule has 1 aromatic carbocycles. The molecule has 0 atom stereocenters. The van der Waals surface area contributed by atoms with Crippen LogP contribution in [0.1, 0.15) is 47.1 Å². The van der Waals surface area contributed by atoms with E-state index in [4.69, 9.17) is 0 Å². The van der Waals surface area contributed by atoms with Crippen LogP contribution in [0.3, 0.4) is 0 Å². The molecular weight excluding hydrogens is 344 g/mol. The zero-order chi connectivity index (χ0) is 19.3. The molecule has 142 valence electrons. The molecule has 1 heterocycles. The van der Waals surface area contributed by atoms with Gasteiger partial charge in [-0.25, -0.2) is 0 Å². The van der Waals surface area contributed by atoms with Crippen molar-refractivity contribution in [1.82, 2.24) is 19.7 Å². The van der Waals surface area contributed by atoms with E-state index in [0.717, 1.165) is 36.2 Å². The van der Waals surface area contributed by atoms with Gasteiger partial charge in [-0.1, -0.05) is 56.8 Å². The van der Waals surface area contributed by atoms with Crippen molar-refractivity contribution in [1.29, 1.82) is 0 Å². The van der Waals surface area contributed by atoms with Gasteiger partial charge >= 0.3 is 0 Å². The third-order valence-electron chi connectivity index (χ3n) is 4.48. The van der Waals surface area contributed by atoms with Crippen molar-refractivity contribution in [2.45, 2.75) is 58.7 Å². The summed E-state index contributed by atoms with van der Waals surface area (Å²) >= 11 is 1.46. The monoisotopic (exact) mass is 374 g/mol. The summed E-state index contributed by atoms with van der Waals surface area (Å²) in [5.74, 6) is 1.38. The average Bonchev–Trinajstić information content (AvgIpc) is 3.03. The van der Waals surface area contributed by atoms with E-state index in [2.05, 4.69) is 66.7 Å². The number of hydrogen-bond acceptors (Lipinski definition) is 4. The largest absolute Gasteiger partial charge is 0.343 e. The summed E-state index contributed by atoms with van der Waals surface area (Å²) in [5, 5.41) is 9.50. The molecular formula is C20H30N4OS. The Labute approximate surface area is 161 Å². The maximum Gasteiger partial charge on any atom is 0.233 e. The summed E-state index contributed by atoms with van der Waals surface area (Å²) < 4.78 is 2.08. The van der Waals surface area contributed by atoms with E-state index in [1.807, 2.05) is 18.7 Å². The molecule has 0 bridgehead atoms. The molecule has 0 fully saturated rings. The molecule has 2 rings (SSSR count). The fourth-order valence-corrected chi connectivity index (χ4v) is 3.71. The van der Waals surface area contributed by atoms with Crippen LogP contribution in [-0.4, -0.2) is 44.4 Å². The third-order valence-corrected chi connectivity index (χ3v) is 5.43. The van der Waals surface area contributed by atoms with Crippen molar-refractivity contribution in [3.63, 3.8) is 0 Å². The molecule has 0 radical (unpaired) electrons. The maximum absolute atomic E-state index is 12.2. The standard InChI is InChI=1S/C20H30N4OS/c1-7-23(8-2)17(25)14-26-19-22-21-18(24(19)9-3)15-10-12-16(13-11-15)20(4,5)6/h10-13H,7-9,14H2,1-6H3. The Morgan fingerprint density at radius 1 is 1.08 bits per heavy atom. The van der Waals surface area contributed by atoms with Gasteiger partial charge in [-0.05, 0) is 31.7 Å². The number of carbonyl (C=O) groups is 1. The first kappa shape index (κ1) is 20.5. The Kier molecular flexibility index (Phi) is 6.87. The summed E-state index contributed by atoms with van der Waals surface area (Å²) in [7, 11) is 0. The predicted molar refractivity (Wildman–Crippen MR) is 108 cm³/mol. The van der Waals surface area contributed by atoms with E-state index >= 15 is 0 Å². The number of aromatic nitrogens is 3. The molecule has 0 unspecified atom stereocenters. The second-order valence-corrected chi connectivity index (χ2v) is 8.17. The lowest BCUT2D eigenvalue weighted by Crippen LogP contribution is -2.31. The highest BCUT2D eigenvalue weighted by atomic mass is 32.2. The molecule has 26 heavy (non-hydrogen) atoms. The molecule has 6 heteroatoms. The van der Waals surface area contributed by atoms with Crippen molar-refractivity contribution >= 4 is 17.7 Å². The van der Waals surface area contributed by atoms with Crippen LogP contribution < -0.4 is 0 Å². The van der Waals surface area contributed by atoms with E-state index in [-0.39, 0.29) is 11.3 Å². The highest BCUT2D eigenvalue weighted by Crippen LogP contribution is 2.27. The zero-order valence-electron chi connectivity index (χ0n) is 16.7. The Balaban J connectivity index is 2.18. The van der Waals surface area contributed by atoms with Gasteiger partial charge in [0.25, 0.3) is 0 Å².